The van der Waals surface area contributed by atoms with Crippen LogP contribution in [-0.2, 0) is 4.79 Å². The Kier molecular flexibility index (Phi) is 14.6. The molecule has 0 radical (unpaired) electrons. The molecular weight excluding hydrogens is 244 g/mol. The molecule has 0 heterocycles. The molecule has 0 amide bonds. The third-order valence-electron chi connectivity index (χ3n) is 2.96. The average molecular weight is 274 g/mol. The Hall–Kier alpha value is -1.37. The Morgan fingerprint density at radius 1 is 0.750 bits per heavy atom. The summed E-state index contributed by atoms with van der Waals surface area (Å²) in [6.45, 7) is 3.81. The SMILES string of the molecule is CC\C=C/C=C/C=C/C=C\CCCCCCCC(C)=O. The summed E-state index contributed by atoms with van der Waals surface area (Å²) in [5.41, 5.74) is 0. The maximum absolute atomic E-state index is 10.8. The standard InChI is InChI=1S/C19H30O/c1-3-4-5-6-7-8-9-10-11-12-13-14-15-16-17-18-19(2)20/h4-11H,3,12-18H2,1-2H3/b5-4-,7-6+,9-8+,11-10-. The van der Waals surface area contributed by atoms with Crippen LogP contribution >= 0.6 is 0 Å². The lowest BCUT2D eigenvalue weighted by molar-refractivity contribution is -0.117. The third-order valence-corrected chi connectivity index (χ3v) is 2.96. The maximum atomic E-state index is 10.8. The number of ketones is 1. The summed E-state index contributed by atoms with van der Waals surface area (Å²) in [6, 6.07) is 0. The van der Waals surface area contributed by atoms with Gasteiger partial charge in [0, 0.05) is 6.42 Å². The summed E-state index contributed by atoms with van der Waals surface area (Å²) < 4.78 is 0. The van der Waals surface area contributed by atoms with Crippen LogP contribution in [0.15, 0.2) is 48.6 Å². The minimum atomic E-state index is 0.318. The van der Waals surface area contributed by atoms with E-state index >= 15 is 0 Å². The van der Waals surface area contributed by atoms with E-state index in [0.29, 0.717) is 5.78 Å². The molecule has 0 aliphatic carbocycles. The van der Waals surface area contributed by atoms with Gasteiger partial charge in [-0.15, -0.1) is 0 Å². The number of hydrogen-bond donors (Lipinski definition) is 0. The molecule has 0 aliphatic heterocycles. The molecule has 0 spiro atoms. The van der Waals surface area contributed by atoms with Crippen LogP contribution in [0.4, 0.5) is 0 Å². The van der Waals surface area contributed by atoms with Crippen LogP contribution in [0, 0.1) is 0 Å². The fourth-order valence-electron chi connectivity index (χ4n) is 1.81. The van der Waals surface area contributed by atoms with Gasteiger partial charge in [0.05, 0.1) is 0 Å². The predicted octanol–water partition coefficient (Wildman–Crippen LogP) is 5.94. The highest BCUT2D eigenvalue weighted by Gasteiger charge is 1.93. The molecule has 0 aromatic rings. The highest BCUT2D eigenvalue weighted by atomic mass is 16.1. The van der Waals surface area contributed by atoms with Crippen molar-refractivity contribution in [1.82, 2.24) is 0 Å². The first-order valence-electron chi connectivity index (χ1n) is 7.91. The van der Waals surface area contributed by atoms with Gasteiger partial charge in [0.15, 0.2) is 0 Å². The largest absolute Gasteiger partial charge is 0.300 e. The van der Waals surface area contributed by atoms with Crippen LogP contribution in [0.25, 0.3) is 0 Å². The quantitative estimate of drug-likeness (QED) is 0.318. The first-order valence-corrected chi connectivity index (χ1v) is 7.91. The van der Waals surface area contributed by atoms with Crippen molar-refractivity contribution in [2.75, 3.05) is 0 Å². The molecule has 0 aromatic heterocycles. The summed E-state index contributed by atoms with van der Waals surface area (Å²) in [4.78, 5) is 10.8. The van der Waals surface area contributed by atoms with Crippen molar-refractivity contribution in [2.45, 2.75) is 65.2 Å². The van der Waals surface area contributed by atoms with Crippen LogP contribution in [0.1, 0.15) is 65.2 Å². The van der Waals surface area contributed by atoms with Crippen molar-refractivity contribution in [1.29, 1.82) is 0 Å². The molecule has 0 saturated heterocycles. The zero-order valence-electron chi connectivity index (χ0n) is 13.2. The van der Waals surface area contributed by atoms with E-state index in [9.17, 15) is 4.79 Å². The first kappa shape index (κ1) is 18.6. The molecule has 1 nitrogen and oxygen atoms in total. The number of allylic oxidation sites excluding steroid dienone is 8. The Morgan fingerprint density at radius 3 is 1.95 bits per heavy atom. The van der Waals surface area contributed by atoms with Crippen LogP contribution in [0.2, 0.25) is 0 Å². The van der Waals surface area contributed by atoms with Gasteiger partial charge in [-0.1, -0.05) is 74.8 Å². The van der Waals surface area contributed by atoms with Gasteiger partial charge < -0.3 is 4.79 Å². The lowest BCUT2D eigenvalue weighted by Crippen LogP contribution is -1.89. The summed E-state index contributed by atoms with van der Waals surface area (Å²) in [6.07, 6.45) is 25.8. The summed E-state index contributed by atoms with van der Waals surface area (Å²) in [5.74, 6) is 0.318. The van der Waals surface area contributed by atoms with E-state index in [1.807, 2.05) is 6.08 Å². The monoisotopic (exact) mass is 274 g/mol. The maximum Gasteiger partial charge on any atom is 0.129 e. The van der Waals surface area contributed by atoms with Gasteiger partial charge in [-0.2, -0.15) is 0 Å². The fraction of sp³-hybridized carbons (Fsp3) is 0.526. The van der Waals surface area contributed by atoms with Gasteiger partial charge in [-0.3, -0.25) is 0 Å². The van der Waals surface area contributed by atoms with E-state index in [-0.39, 0.29) is 0 Å². The van der Waals surface area contributed by atoms with Gasteiger partial charge in [0.1, 0.15) is 5.78 Å². The minimum absolute atomic E-state index is 0.318. The van der Waals surface area contributed by atoms with Crippen molar-refractivity contribution in [3.8, 4) is 0 Å². The summed E-state index contributed by atoms with van der Waals surface area (Å²) in [7, 11) is 0. The molecule has 1 heteroatoms. The number of rotatable bonds is 12. The molecule has 0 bridgehead atoms. The molecule has 0 unspecified atom stereocenters. The minimum Gasteiger partial charge on any atom is -0.300 e. The Morgan fingerprint density at radius 2 is 1.30 bits per heavy atom. The Bertz CT molecular complexity index is 332. The molecule has 0 aliphatic rings. The van der Waals surface area contributed by atoms with Crippen molar-refractivity contribution < 1.29 is 4.79 Å². The average Bonchev–Trinajstić information content (AvgIpc) is 2.43. The molecule has 0 saturated carbocycles. The Labute approximate surface area is 125 Å². The van der Waals surface area contributed by atoms with E-state index in [1.165, 1.54) is 25.7 Å². The van der Waals surface area contributed by atoms with Gasteiger partial charge in [-0.05, 0) is 32.6 Å². The fourth-order valence-corrected chi connectivity index (χ4v) is 1.81. The van der Waals surface area contributed by atoms with E-state index in [0.717, 1.165) is 25.7 Å². The summed E-state index contributed by atoms with van der Waals surface area (Å²) >= 11 is 0. The van der Waals surface area contributed by atoms with Crippen molar-refractivity contribution >= 4 is 5.78 Å². The van der Waals surface area contributed by atoms with Gasteiger partial charge in [-0.25, -0.2) is 0 Å². The highest BCUT2D eigenvalue weighted by molar-refractivity contribution is 5.75. The second kappa shape index (κ2) is 15.7. The van der Waals surface area contributed by atoms with Crippen LogP contribution in [0.3, 0.4) is 0 Å². The van der Waals surface area contributed by atoms with Gasteiger partial charge >= 0.3 is 0 Å². The normalized spacial score (nSPS) is 12.5. The molecule has 0 N–H and O–H groups in total. The molecular formula is C19H30O. The zero-order chi connectivity index (χ0) is 14.9. The molecule has 112 valence electrons. The Balaban J connectivity index is 3.35. The van der Waals surface area contributed by atoms with E-state index in [2.05, 4.69) is 49.5 Å². The van der Waals surface area contributed by atoms with Crippen molar-refractivity contribution in [3.63, 3.8) is 0 Å². The van der Waals surface area contributed by atoms with Crippen molar-refractivity contribution in [3.05, 3.63) is 48.6 Å². The van der Waals surface area contributed by atoms with Crippen LogP contribution in [0.5, 0.6) is 0 Å². The highest BCUT2D eigenvalue weighted by Crippen LogP contribution is 2.07. The molecule has 0 fully saturated rings. The number of unbranched alkanes of at least 4 members (excludes halogenated alkanes) is 5. The predicted molar refractivity (Wildman–Crippen MR) is 89.9 cm³/mol. The van der Waals surface area contributed by atoms with Crippen LogP contribution < -0.4 is 0 Å². The number of carbonyl (C=O) groups excluding carboxylic acids is 1. The smallest absolute Gasteiger partial charge is 0.129 e. The third kappa shape index (κ3) is 16.6. The van der Waals surface area contributed by atoms with Gasteiger partial charge in [0.25, 0.3) is 0 Å². The van der Waals surface area contributed by atoms with Crippen molar-refractivity contribution in [2.24, 2.45) is 0 Å². The van der Waals surface area contributed by atoms with E-state index < -0.39 is 0 Å². The lowest BCUT2D eigenvalue weighted by Gasteiger charge is -1.98. The second-order valence-electron chi connectivity index (χ2n) is 5.04. The molecule has 0 atom stereocenters. The zero-order valence-corrected chi connectivity index (χ0v) is 13.2. The summed E-state index contributed by atoms with van der Waals surface area (Å²) in [5, 5.41) is 0. The number of carbonyl (C=O) groups is 1. The number of Topliss-reactive ketones (excluding diaryl/α,β-unsaturated/α-hetero) is 1. The molecule has 0 rings (SSSR count). The number of hydrogen-bond acceptors (Lipinski definition) is 1. The topological polar surface area (TPSA) is 17.1 Å². The van der Waals surface area contributed by atoms with E-state index in [1.54, 1.807) is 6.92 Å². The van der Waals surface area contributed by atoms with Gasteiger partial charge in [0.2, 0.25) is 0 Å². The van der Waals surface area contributed by atoms with E-state index in [4.69, 9.17) is 0 Å². The first-order chi connectivity index (χ1) is 9.77. The van der Waals surface area contributed by atoms with Crippen LogP contribution in [-0.4, -0.2) is 5.78 Å². The molecule has 0 aromatic carbocycles. The molecule has 20 heavy (non-hydrogen) atoms. The second-order valence-corrected chi connectivity index (χ2v) is 5.04. The lowest BCUT2D eigenvalue weighted by atomic mass is 10.1.